The van der Waals surface area contributed by atoms with Crippen molar-refractivity contribution < 1.29 is 14.3 Å². The minimum Gasteiger partial charge on any atom is -0.381 e. The molecule has 5 heterocycles. The third-order valence-corrected chi connectivity index (χ3v) is 9.31. The molecule has 0 radical (unpaired) electrons. The standard InChI is InChI=1S/C28H36N6O3/c35-27(19-5-6-24-26(10-19)31-32-30-24)33-12-21-14-34(15-22(21)13-33)28(36)20-9-23(18-3-4-18)25(29-11-20)8-17-2-1-7-37-16-17/h9,11,17-19,21-22H,1-8,10,12-16H2,(H,30,31,32)/t17?,19-,21+,22+/m1/s1. The highest BCUT2D eigenvalue weighted by molar-refractivity contribution is 5.94. The fourth-order valence-corrected chi connectivity index (χ4v) is 7.06. The van der Waals surface area contributed by atoms with Crippen LogP contribution in [0.2, 0.25) is 0 Å². The molecule has 4 atom stereocenters. The van der Waals surface area contributed by atoms with Crippen LogP contribution in [-0.4, -0.2) is 81.4 Å². The number of fused-ring (bicyclic) bond motifs is 2. The van der Waals surface area contributed by atoms with Crippen LogP contribution in [0.5, 0.6) is 0 Å². The molecule has 2 aromatic rings. The summed E-state index contributed by atoms with van der Waals surface area (Å²) in [6, 6.07) is 2.14. The van der Waals surface area contributed by atoms with Gasteiger partial charge in [-0.25, -0.2) is 0 Å². The third-order valence-electron chi connectivity index (χ3n) is 9.31. The van der Waals surface area contributed by atoms with E-state index in [1.807, 2.05) is 9.80 Å². The van der Waals surface area contributed by atoms with Crippen LogP contribution in [0, 0.1) is 23.7 Å². The number of H-pyrrole nitrogens is 1. The summed E-state index contributed by atoms with van der Waals surface area (Å²) >= 11 is 0. The van der Waals surface area contributed by atoms with Gasteiger partial charge in [0.15, 0.2) is 0 Å². The highest BCUT2D eigenvalue weighted by Gasteiger charge is 2.45. The topological polar surface area (TPSA) is 104 Å². The van der Waals surface area contributed by atoms with Crippen LogP contribution in [-0.2, 0) is 28.8 Å². The number of ether oxygens (including phenoxy) is 1. The molecule has 5 aliphatic rings. The zero-order chi connectivity index (χ0) is 24.9. The average Bonchev–Trinajstić information content (AvgIpc) is 3.33. The maximum absolute atomic E-state index is 13.5. The molecular formula is C28H36N6O3. The number of carbonyl (C=O) groups excluding carboxylic acids is 2. The number of amides is 2. The van der Waals surface area contributed by atoms with Crippen LogP contribution < -0.4 is 0 Å². The van der Waals surface area contributed by atoms with Crippen molar-refractivity contribution in [3.8, 4) is 0 Å². The lowest BCUT2D eigenvalue weighted by atomic mass is 9.89. The third kappa shape index (κ3) is 4.56. The predicted octanol–water partition coefficient (Wildman–Crippen LogP) is 2.38. The van der Waals surface area contributed by atoms with Crippen molar-refractivity contribution in [3.05, 3.63) is 40.5 Å². The van der Waals surface area contributed by atoms with Gasteiger partial charge in [0.05, 0.1) is 17.0 Å². The number of aromatic nitrogens is 4. The van der Waals surface area contributed by atoms with E-state index in [1.54, 1.807) is 6.20 Å². The Kier molecular flexibility index (Phi) is 5.98. The van der Waals surface area contributed by atoms with Gasteiger partial charge in [-0.05, 0) is 68.4 Å². The molecule has 9 nitrogen and oxygen atoms in total. The summed E-state index contributed by atoms with van der Waals surface area (Å²) in [5.41, 5.74) is 5.13. The highest BCUT2D eigenvalue weighted by Crippen LogP contribution is 2.42. The molecule has 2 amide bonds. The van der Waals surface area contributed by atoms with E-state index in [9.17, 15) is 9.59 Å². The SMILES string of the molecule is O=C(c1cnc(CC2CCCOC2)c(C2CC2)c1)N1C[C@@H]2CN(C(=O)[C@@H]3CCc4n[nH]nc4C3)C[C@H]2C1. The summed E-state index contributed by atoms with van der Waals surface area (Å²) in [4.78, 5) is 35.6. The van der Waals surface area contributed by atoms with Gasteiger partial charge in [0.1, 0.15) is 0 Å². The van der Waals surface area contributed by atoms with Crippen LogP contribution in [0.15, 0.2) is 12.3 Å². The van der Waals surface area contributed by atoms with Gasteiger partial charge >= 0.3 is 0 Å². The van der Waals surface area contributed by atoms with Gasteiger partial charge in [-0.15, -0.1) is 0 Å². The Balaban J connectivity index is 0.981. The van der Waals surface area contributed by atoms with Gasteiger partial charge in [-0.1, -0.05) is 0 Å². The first-order valence-electron chi connectivity index (χ1n) is 14.2. The molecule has 37 heavy (non-hydrogen) atoms. The largest absolute Gasteiger partial charge is 0.381 e. The van der Waals surface area contributed by atoms with E-state index in [0.717, 1.165) is 82.0 Å². The second kappa shape index (κ2) is 9.49. The van der Waals surface area contributed by atoms with Crippen LogP contribution in [0.25, 0.3) is 0 Å². The first kappa shape index (κ1) is 23.3. The lowest BCUT2D eigenvalue weighted by Crippen LogP contribution is -2.40. The Morgan fingerprint density at radius 3 is 2.54 bits per heavy atom. The Labute approximate surface area is 217 Å². The summed E-state index contributed by atoms with van der Waals surface area (Å²) < 4.78 is 5.68. The van der Waals surface area contributed by atoms with E-state index in [2.05, 4.69) is 21.5 Å². The van der Waals surface area contributed by atoms with Gasteiger partial charge in [0.25, 0.3) is 5.91 Å². The number of rotatable bonds is 5. The molecule has 2 aromatic heterocycles. The summed E-state index contributed by atoms with van der Waals surface area (Å²) in [6.07, 6.45) is 9.82. The van der Waals surface area contributed by atoms with Crippen molar-refractivity contribution in [3.63, 3.8) is 0 Å². The van der Waals surface area contributed by atoms with E-state index in [-0.39, 0.29) is 17.7 Å². The fraction of sp³-hybridized carbons (Fsp3) is 0.679. The Hall–Kier alpha value is -2.81. The van der Waals surface area contributed by atoms with Crippen LogP contribution in [0.4, 0.5) is 0 Å². The Bertz CT molecular complexity index is 1170. The van der Waals surface area contributed by atoms with Crippen molar-refractivity contribution in [1.82, 2.24) is 30.2 Å². The number of aromatic amines is 1. The predicted molar refractivity (Wildman–Crippen MR) is 135 cm³/mol. The quantitative estimate of drug-likeness (QED) is 0.671. The molecule has 1 N–H and O–H groups in total. The number of pyridine rings is 1. The molecule has 2 aliphatic carbocycles. The molecular weight excluding hydrogens is 468 g/mol. The number of hydrogen-bond acceptors (Lipinski definition) is 6. The molecule has 3 saturated heterocycles. The van der Waals surface area contributed by atoms with Gasteiger partial charge in [0, 0.05) is 75.5 Å². The molecule has 3 aliphatic heterocycles. The van der Waals surface area contributed by atoms with Gasteiger partial charge in [0.2, 0.25) is 5.91 Å². The molecule has 0 bridgehead atoms. The summed E-state index contributed by atoms with van der Waals surface area (Å²) in [5.74, 6) is 2.17. The molecule has 7 rings (SSSR count). The van der Waals surface area contributed by atoms with Gasteiger partial charge < -0.3 is 14.5 Å². The molecule has 9 heteroatoms. The molecule has 1 saturated carbocycles. The lowest BCUT2D eigenvalue weighted by Gasteiger charge is -2.27. The second-order valence-corrected chi connectivity index (χ2v) is 12.0. The average molecular weight is 505 g/mol. The maximum atomic E-state index is 13.5. The summed E-state index contributed by atoms with van der Waals surface area (Å²) in [6.45, 7) is 4.66. The fourth-order valence-electron chi connectivity index (χ4n) is 7.06. The molecule has 0 aromatic carbocycles. The second-order valence-electron chi connectivity index (χ2n) is 12.0. The molecule has 0 spiro atoms. The number of aryl methyl sites for hydroxylation is 1. The number of nitrogens with zero attached hydrogens (tertiary/aromatic N) is 5. The van der Waals surface area contributed by atoms with E-state index in [1.165, 1.54) is 30.5 Å². The molecule has 1 unspecified atom stereocenters. The zero-order valence-electron chi connectivity index (χ0n) is 21.4. The summed E-state index contributed by atoms with van der Waals surface area (Å²) in [7, 11) is 0. The normalized spacial score (nSPS) is 29.3. The monoisotopic (exact) mass is 504 g/mol. The first-order chi connectivity index (χ1) is 18.1. The Morgan fingerprint density at radius 1 is 1.00 bits per heavy atom. The van der Waals surface area contributed by atoms with Crippen molar-refractivity contribution in [1.29, 1.82) is 0 Å². The first-order valence-corrected chi connectivity index (χ1v) is 14.2. The summed E-state index contributed by atoms with van der Waals surface area (Å²) in [5, 5.41) is 11.1. The van der Waals surface area contributed by atoms with Crippen molar-refractivity contribution in [2.45, 2.75) is 57.3 Å². The van der Waals surface area contributed by atoms with Crippen LogP contribution >= 0.6 is 0 Å². The van der Waals surface area contributed by atoms with E-state index < -0.39 is 0 Å². The van der Waals surface area contributed by atoms with Crippen LogP contribution in [0.3, 0.4) is 0 Å². The molecule has 196 valence electrons. The van der Waals surface area contributed by atoms with Crippen LogP contribution in [0.1, 0.15) is 71.0 Å². The van der Waals surface area contributed by atoms with E-state index >= 15 is 0 Å². The minimum absolute atomic E-state index is 0.000215. The minimum atomic E-state index is -0.000215. The van der Waals surface area contributed by atoms with E-state index in [4.69, 9.17) is 9.72 Å². The lowest BCUT2D eigenvalue weighted by molar-refractivity contribution is -0.135. The maximum Gasteiger partial charge on any atom is 0.255 e. The van der Waals surface area contributed by atoms with Gasteiger partial charge in [-0.3, -0.25) is 14.6 Å². The van der Waals surface area contributed by atoms with Gasteiger partial charge in [-0.2, -0.15) is 15.4 Å². The van der Waals surface area contributed by atoms with E-state index in [0.29, 0.717) is 30.1 Å². The highest BCUT2D eigenvalue weighted by atomic mass is 16.5. The number of likely N-dealkylation sites (tertiary alicyclic amines) is 2. The van der Waals surface area contributed by atoms with Crippen molar-refractivity contribution >= 4 is 11.8 Å². The zero-order valence-corrected chi connectivity index (χ0v) is 21.4. The number of carbonyl (C=O) groups is 2. The van der Waals surface area contributed by atoms with Crippen molar-refractivity contribution in [2.75, 3.05) is 39.4 Å². The van der Waals surface area contributed by atoms with Crippen molar-refractivity contribution in [2.24, 2.45) is 23.7 Å². The molecule has 4 fully saturated rings. The number of hydrogen-bond donors (Lipinski definition) is 1. The smallest absolute Gasteiger partial charge is 0.255 e. The Morgan fingerprint density at radius 2 is 1.78 bits per heavy atom. The number of nitrogens with one attached hydrogen (secondary N) is 1.